The summed E-state index contributed by atoms with van der Waals surface area (Å²) in [6.07, 6.45) is 1.07. The van der Waals surface area contributed by atoms with Gasteiger partial charge in [-0.3, -0.25) is 4.72 Å². The Kier molecular flexibility index (Phi) is 4.65. The Labute approximate surface area is 138 Å². The van der Waals surface area contributed by atoms with Crippen molar-refractivity contribution in [3.05, 3.63) is 52.5 Å². The van der Waals surface area contributed by atoms with Gasteiger partial charge >= 0.3 is 0 Å². The molecule has 0 saturated carbocycles. The van der Waals surface area contributed by atoms with Gasteiger partial charge in [-0.1, -0.05) is 28.1 Å². The van der Waals surface area contributed by atoms with Crippen LogP contribution in [-0.4, -0.2) is 23.1 Å². The molecule has 0 aliphatic rings. The first kappa shape index (κ1) is 17.0. The standard InChI is InChI=1S/C14H14BrNO4S2/c1-10-6-7-12(21(2,17)18)9-14(10)16-22(19,20)13-5-3-4-11(15)8-13/h3-9,16H,1-2H3. The highest BCUT2D eigenvalue weighted by Gasteiger charge is 2.17. The van der Waals surface area contributed by atoms with Crippen molar-refractivity contribution in [2.24, 2.45) is 0 Å². The van der Waals surface area contributed by atoms with Gasteiger partial charge in [-0.15, -0.1) is 0 Å². The third-order valence-electron chi connectivity index (χ3n) is 2.99. The van der Waals surface area contributed by atoms with E-state index in [1.807, 2.05) is 0 Å². The number of hydrogen-bond acceptors (Lipinski definition) is 4. The van der Waals surface area contributed by atoms with E-state index in [0.29, 0.717) is 10.0 Å². The van der Waals surface area contributed by atoms with Gasteiger partial charge in [0.05, 0.1) is 15.5 Å². The molecule has 0 fully saturated rings. The van der Waals surface area contributed by atoms with E-state index in [0.717, 1.165) is 6.26 Å². The second kappa shape index (κ2) is 6.02. The molecule has 0 radical (unpaired) electrons. The van der Waals surface area contributed by atoms with Crippen LogP contribution in [0.5, 0.6) is 0 Å². The number of sulfone groups is 1. The highest BCUT2D eigenvalue weighted by molar-refractivity contribution is 9.10. The van der Waals surface area contributed by atoms with Crippen LogP contribution in [0.4, 0.5) is 5.69 Å². The Bertz CT molecular complexity index is 922. The summed E-state index contributed by atoms with van der Waals surface area (Å²) in [6.45, 7) is 1.70. The van der Waals surface area contributed by atoms with Gasteiger partial charge < -0.3 is 0 Å². The van der Waals surface area contributed by atoms with Crippen LogP contribution in [0.25, 0.3) is 0 Å². The monoisotopic (exact) mass is 403 g/mol. The van der Waals surface area contributed by atoms with Crippen molar-refractivity contribution in [3.63, 3.8) is 0 Å². The largest absolute Gasteiger partial charge is 0.279 e. The van der Waals surface area contributed by atoms with Crippen molar-refractivity contribution in [1.82, 2.24) is 0 Å². The molecule has 0 spiro atoms. The smallest absolute Gasteiger partial charge is 0.261 e. The average Bonchev–Trinajstić information content (AvgIpc) is 2.40. The molecule has 22 heavy (non-hydrogen) atoms. The van der Waals surface area contributed by atoms with E-state index in [1.54, 1.807) is 25.1 Å². The molecule has 0 amide bonds. The average molecular weight is 404 g/mol. The van der Waals surface area contributed by atoms with Gasteiger partial charge in [0.25, 0.3) is 10.0 Å². The summed E-state index contributed by atoms with van der Waals surface area (Å²) in [5.41, 5.74) is 0.869. The molecule has 0 unspecified atom stereocenters. The zero-order chi connectivity index (χ0) is 16.5. The van der Waals surface area contributed by atoms with Gasteiger partial charge in [0.2, 0.25) is 0 Å². The second-order valence-electron chi connectivity index (χ2n) is 4.81. The molecule has 0 bridgehead atoms. The Morgan fingerprint density at radius 3 is 2.23 bits per heavy atom. The number of hydrogen-bond donors (Lipinski definition) is 1. The van der Waals surface area contributed by atoms with Gasteiger partial charge in [-0.2, -0.15) is 0 Å². The molecule has 2 aromatic carbocycles. The van der Waals surface area contributed by atoms with Crippen LogP contribution in [0.3, 0.4) is 0 Å². The molecule has 118 valence electrons. The van der Waals surface area contributed by atoms with E-state index in [4.69, 9.17) is 0 Å². The Morgan fingerprint density at radius 1 is 0.955 bits per heavy atom. The van der Waals surface area contributed by atoms with E-state index in [9.17, 15) is 16.8 Å². The second-order valence-corrected chi connectivity index (χ2v) is 9.43. The fourth-order valence-electron chi connectivity index (χ4n) is 1.78. The SMILES string of the molecule is Cc1ccc(S(C)(=O)=O)cc1NS(=O)(=O)c1cccc(Br)c1. The molecule has 0 aliphatic heterocycles. The van der Waals surface area contributed by atoms with Crippen LogP contribution < -0.4 is 4.72 Å². The van der Waals surface area contributed by atoms with E-state index in [-0.39, 0.29) is 15.5 Å². The minimum Gasteiger partial charge on any atom is -0.279 e. The van der Waals surface area contributed by atoms with Crippen LogP contribution in [0, 0.1) is 6.92 Å². The van der Waals surface area contributed by atoms with Crippen molar-refractivity contribution < 1.29 is 16.8 Å². The summed E-state index contributed by atoms with van der Waals surface area (Å²) in [6, 6.07) is 10.6. The first-order chi connectivity index (χ1) is 10.1. The predicted molar refractivity (Wildman–Crippen MR) is 89.2 cm³/mol. The van der Waals surface area contributed by atoms with Crippen LogP contribution in [-0.2, 0) is 19.9 Å². The zero-order valence-corrected chi connectivity index (χ0v) is 15.1. The highest BCUT2D eigenvalue weighted by Crippen LogP contribution is 2.24. The summed E-state index contributed by atoms with van der Waals surface area (Å²) in [5, 5.41) is 0. The molecule has 0 heterocycles. The summed E-state index contributed by atoms with van der Waals surface area (Å²) >= 11 is 3.22. The molecule has 0 aromatic heterocycles. The molecule has 0 saturated heterocycles. The number of aryl methyl sites for hydroxylation is 1. The van der Waals surface area contributed by atoms with Crippen molar-refractivity contribution in [2.75, 3.05) is 11.0 Å². The van der Waals surface area contributed by atoms with Gasteiger partial charge in [0.1, 0.15) is 0 Å². The van der Waals surface area contributed by atoms with Gasteiger partial charge in [0, 0.05) is 10.7 Å². The Balaban J connectivity index is 2.46. The number of nitrogens with one attached hydrogen (secondary N) is 1. The fraction of sp³-hybridized carbons (Fsp3) is 0.143. The maximum atomic E-state index is 12.4. The maximum absolute atomic E-state index is 12.4. The summed E-state index contributed by atoms with van der Waals surface area (Å²) < 4.78 is 51.0. The fourth-order valence-corrected chi connectivity index (χ4v) is 4.14. The normalized spacial score (nSPS) is 12.1. The summed E-state index contributed by atoms with van der Waals surface area (Å²) in [4.78, 5) is 0.149. The number of sulfonamides is 1. The Hall–Kier alpha value is -1.38. The predicted octanol–water partition coefficient (Wildman–Crippen LogP) is 2.96. The van der Waals surface area contributed by atoms with Crippen molar-refractivity contribution in [1.29, 1.82) is 0 Å². The van der Waals surface area contributed by atoms with Crippen molar-refractivity contribution >= 4 is 41.5 Å². The lowest BCUT2D eigenvalue weighted by Crippen LogP contribution is -2.14. The van der Waals surface area contributed by atoms with E-state index >= 15 is 0 Å². The number of benzene rings is 2. The number of rotatable bonds is 4. The van der Waals surface area contributed by atoms with Crippen LogP contribution >= 0.6 is 15.9 Å². The lowest BCUT2D eigenvalue weighted by atomic mass is 10.2. The van der Waals surface area contributed by atoms with Gasteiger partial charge in [-0.25, -0.2) is 16.8 Å². The van der Waals surface area contributed by atoms with Crippen LogP contribution in [0.15, 0.2) is 56.7 Å². The lowest BCUT2D eigenvalue weighted by Gasteiger charge is -2.12. The number of halogens is 1. The maximum Gasteiger partial charge on any atom is 0.261 e. The van der Waals surface area contributed by atoms with E-state index < -0.39 is 19.9 Å². The molecule has 1 N–H and O–H groups in total. The molecule has 8 heteroatoms. The first-order valence-corrected chi connectivity index (χ1v) is 10.4. The lowest BCUT2D eigenvalue weighted by molar-refractivity contribution is 0.599. The minimum absolute atomic E-state index is 0.0602. The topological polar surface area (TPSA) is 80.3 Å². The van der Waals surface area contributed by atoms with Crippen LogP contribution in [0.1, 0.15) is 5.56 Å². The summed E-state index contributed by atoms with van der Waals surface area (Å²) in [5.74, 6) is 0. The molecule has 2 rings (SSSR count). The first-order valence-electron chi connectivity index (χ1n) is 6.19. The summed E-state index contributed by atoms with van der Waals surface area (Å²) in [7, 11) is -7.21. The van der Waals surface area contributed by atoms with Crippen molar-refractivity contribution in [3.8, 4) is 0 Å². The number of anilines is 1. The molecule has 5 nitrogen and oxygen atoms in total. The molecular formula is C14H14BrNO4S2. The third kappa shape index (κ3) is 3.88. The van der Waals surface area contributed by atoms with Gasteiger partial charge in [0.15, 0.2) is 9.84 Å². The molecule has 0 atom stereocenters. The third-order valence-corrected chi connectivity index (χ3v) is 5.95. The van der Waals surface area contributed by atoms with Crippen LogP contribution in [0.2, 0.25) is 0 Å². The quantitative estimate of drug-likeness (QED) is 0.850. The highest BCUT2D eigenvalue weighted by atomic mass is 79.9. The molecule has 2 aromatic rings. The van der Waals surface area contributed by atoms with E-state index in [1.165, 1.54) is 24.3 Å². The van der Waals surface area contributed by atoms with Gasteiger partial charge in [-0.05, 0) is 42.8 Å². The molecular weight excluding hydrogens is 390 g/mol. The Morgan fingerprint density at radius 2 is 1.64 bits per heavy atom. The van der Waals surface area contributed by atoms with E-state index in [2.05, 4.69) is 20.7 Å². The van der Waals surface area contributed by atoms with Crippen molar-refractivity contribution in [2.45, 2.75) is 16.7 Å². The minimum atomic E-state index is -3.80. The molecule has 0 aliphatic carbocycles. The zero-order valence-electron chi connectivity index (χ0n) is 11.9.